The van der Waals surface area contributed by atoms with Gasteiger partial charge in [-0.1, -0.05) is 13.8 Å². The van der Waals surface area contributed by atoms with E-state index >= 15 is 0 Å². The van der Waals surface area contributed by atoms with Crippen molar-refractivity contribution in [2.75, 3.05) is 20.2 Å². The van der Waals surface area contributed by atoms with Crippen LogP contribution in [0.15, 0.2) is 18.2 Å². The molecule has 1 aromatic carbocycles. The molecule has 0 radical (unpaired) electrons. The summed E-state index contributed by atoms with van der Waals surface area (Å²) in [6, 6.07) is 4.01. The van der Waals surface area contributed by atoms with E-state index in [4.69, 9.17) is 4.74 Å². The molecule has 1 rings (SSSR count). The average Bonchev–Trinajstić information content (AvgIpc) is 2.37. The zero-order valence-electron chi connectivity index (χ0n) is 11.2. The predicted octanol–water partition coefficient (Wildman–Crippen LogP) is 3.10. The Morgan fingerprint density at radius 3 is 2.39 bits per heavy atom. The molecule has 0 saturated carbocycles. The van der Waals surface area contributed by atoms with E-state index < -0.39 is 5.82 Å². The van der Waals surface area contributed by atoms with E-state index in [1.165, 1.54) is 25.3 Å². The Balaban J connectivity index is 3.02. The summed E-state index contributed by atoms with van der Waals surface area (Å²) in [6.07, 6.45) is 1.76. The van der Waals surface area contributed by atoms with E-state index in [1.807, 2.05) is 13.8 Å². The van der Waals surface area contributed by atoms with Crippen molar-refractivity contribution in [2.45, 2.75) is 26.7 Å². The Morgan fingerprint density at radius 2 is 1.89 bits per heavy atom. The molecule has 0 N–H and O–H groups in total. The Hall–Kier alpha value is -1.58. The van der Waals surface area contributed by atoms with Gasteiger partial charge in [0.2, 0.25) is 0 Å². The largest absolute Gasteiger partial charge is 0.496 e. The third kappa shape index (κ3) is 3.45. The molecule has 0 aliphatic heterocycles. The van der Waals surface area contributed by atoms with Crippen LogP contribution in [0, 0.1) is 5.82 Å². The summed E-state index contributed by atoms with van der Waals surface area (Å²) in [5.74, 6) is -0.180. The van der Waals surface area contributed by atoms with Crippen molar-refractivity contribution >= 4 is 5.91 Å². The van der Waals surface area contributed by atoms with Crippen molar-refractivity contribution in [3.8, 4) is 5.75 Å². The van der Waals surface area contributed by atoms with Gasteiger partial charge in [0.05, 0.1) is 12.7 Å². The third-order valence-electron chi connectivity index (χ3n) is 2.67. The van der Waals surface area contributed by atoms with Crippen LogP contribution in [0.3, 0.4) is 0 Å². The Labute approximate surface area is 108 Å². The zero-order valence-corrected chi connectivity index (χ0v) is 11.2. The lowest BCUT2D eigenvalue weighted by molar-refractivity contribution is 0.0751. The number of methoxy groups -OCH3 is 1. The summed E-state index contributed by atoms with van der Waals surface area (Å²) in [6.45, 7) is 5.37. The minimum Gasteiger partial charge on any atom is -0.496 e. The van der Waals surface area contributed by atoms with E-state index in [0.29, 0.717) is 24.4 Å². The lowest BCUT2D eigenvalue weighted by atomic mass is 10.1. The fourth-order valence-corrected chi connectivity index (χ4v) is 1.87. The van der Waals surface area contributed by atoms with Gasteiger partial charge in [-0.3, -0.25) is 4.79 Å². The van der Waals surface area contributed by atoms with Crippen LogP contribution in [-0.4, -0.2) is 31.0 Å². The van der Waals surface area contributed by atoms with Gasteiger partial charge in [-0.15, -0.1) is 0 Å². The highest BCUT2D eigenvalue weighted by Gasteiger charge is 2.19. The van der Waals surface area contributed by atoms with E-state index in [0.717, 1.165) is 12.8 Å². The van der Waals surface area contributed by atoms with Gasteiger partial charge in [-0.25, -0.2) is 4.39 Å². The highest BCUT2D eigenvalue weighted by Crippen LogP contribution is 2.21. The lowest BCUT2D eigenvalue weighted by Crippen LogP contribution is -2.32. The van der Waals surface area contributed by atoms with E-state index in [1.54, 1.807) is 4.90 Å². The summed E-state index contributed by atoms with van der Waals surface area (Å²) >= 11 is 0. The van der Waals surface area contributed by atoms with Gasteiger partial charge in [-0.2, -0.15) is 0 Å². The van der Waals surface area contributed by atoms with Crippen LogP contribution in [0.2, 0.25) is 0 Å². The van der Waals surface area contributed by atoms with Crippen LogP contribution < -0.4 is 4.74 Å². The van der Waals surface area contributed by atoms with Gasteiger partial charge in [-0.05, 0) is 31.0 Å². The van der Waals surface area contributed by atoms with Crippen molar-refractivity contribution < 1.29 is 13.9 Å². The normalized spacial score (nSPS) is 10.2. The molecule has 0 saturated heterocycles. The van der Waals surface area contributed by atoms with E-state index in [2.05, 4.69) is 0 Å². The van der Waals surface area contributed by atoms with E-state index in [9.17, 15) is 9.18 Å². The topological polar surface area (TPSA) is 29.5 Å². The first kappa shape index (κ1) is 14.5. The zero-order chi connectivity index (χ0) is 13.5. The highest BCUT2D eigenvalue weighted by molar-refractivity contribution is 5.97. The quantitative estimate of drug-likeness (QED) is 0.779. The average molecular weight is 253 g/mol. The van der Waals surface area contributed by atoms with Gasteiger partial charge in [0.1, 0.15) is 11.6 Å². The molecule has 0 unspecified atom stereocenters. The number of hydrogen-bond acceptors (Lipinski definition) is 2. The lowest BCUT2D eigenvalue weighted by Gasteiger charge is -2.22. The highest BCUT2D eigenvalue weighted by atomic mass is 19.1. The Kier molecular flexibility index (Phi) is 5.62. The Bertz CT molecular complexity index is 401. The van der Waals surface area contributed by atoms with Gasteiger partial charge in [0, 0.05) is 13.1 Å². The maximum Gasteiger partial charge on any atom is 0.257 e. The molecule has 1 aromatic rings. The molecule has 1 amide bonds. The predicted molar refractivity (Wildman–Crippen MR) is 69.4 cm³/mol. The molecular weight excluding hydrogens is 233 g/mol. The number of carbonyl (C=O) groups is 1. The molecule has 0 heterocycles. The summed E-state index contributed by atoms with van der Waals surface area (Å²) < 4.78 is 18.4. The number of amides is 1. The van der Waals surface area contributed by atoms with Crippen molar-refractivity contribution in [3.05, 3.63) is 29.6 Å². The van der Waals surface area contributed by atoms with Crippen LogP contribution in [0.5, 0.6) is 5.75 Å². The second kappa shape index (κ2) is 6.99. The summed E-state index contributed by atoms with van der Waals surface area (Å²) in [4.78, 5) is 14.1. The summed E-state index contributed by atoms with van der Waals surface area (Å²) in [5, 5.41) is 0. The molecule has 3 nitrogen and oxygen atoms in total. The SMILES string of the molecule is CCCN(CCC)C(=O)c1cc(F)ccc1OC. The Morgan fingerprint density at radius 1 is 1.28 bits per heavy atom. The summed E-state index contributed by atoms with van der Waals surface area (Å²) in [5.41, 5.74) is 0.291. The maximum absolute atomic E-state index is 13.3. The van der Waals surface area contributed by atoms with Gasteiger partial charge >= 0.3 is 0 Å². The number of halogens is 1. The fourth-order valence-electron chi connectivity index (χ4n) is 1.87. The molecule has 0 bridgehead atoms. The van der Waals surface area contributed by atoms with Crippen LogP contribution in [0.1, 0.15) is 37.0 Å². The molecule has 100 valence electrons. The molecule has 0 fully saturated rings. The van der Waals surface area contributed by atoms with Crippen LogP contribution in [-0.2, 0) is 0 Å². The van der Waals surface area contributed by atoms with Crippen LogP contribution >= 0.6 is 0 Å². The van der Waals surface area contributed by atoms with E-state index in [-0.39, 0.29) is 5.91 Å². The van der Waals surface area contributed by atoms with Gasteiger partial charge in [0.15, 0.2) is 0 Å². The number of rotatable bonds is 6. The molecular formula is C14H20FNO2. The monoisotopic (exact) mass is 253 g/mol. The number of ether oxygens (including phenoxy) is 1. The molecule has 0 aromatic heterocycles. The first-order valence-electron chi connectivity index (χ1n) is 6.26. The minimum absolute atomic E-state index is 0.171. The second-order valence-electron chi connectivity index (χ2n) is 4.14. The molecule has 0 aliphatic carbocycles. The fraction of sp³-hybridized carbons (Fsp3) is 0.500. The number of hydrogen-bond donors (Lipinski definition) is 0. The number of carbonyl (C=O) groups excluding carboxylic acids is 1. The summed E-state index contributed by atoms with van der Waals surface area (Å²) in [7, 11) is 1.48. The molecule has 18 heavy (non-hydrogen) atoms. The van der Waals surface area contributed by atoms with Crippen molar-refractivity contribution in [1.82, 2.24) is 4.90 Å². The number of nitrogens with zero attached hydrogens (tertiary/aromatic N) is 1. The van der Waals surface area contributed by atoms with Gasteiger partial charge < -0.3 is 9.64 Å². The first-order valence-corrected chi connectivity index (χ1v) is 6.26. The maximum atomic E-state index is 13.3. The molecule has 0 spiro atoms. The van der Waals surface area contributed by atoms with Crippen LogP contribution in [0.25, 0.3) is 0 Å². The van der Waals surface area contributed by atoms with Gasteiger partial charge in [0.25, 0.3) is 5.91 Å². The third-order valence-corrected chi connectivity index (χ3v) is 2.67. The molecule has 4 heteroatoms. The molecule has 0 atom stereocenters. The second-order valence-corrected chi connectivity index (χ2v) is 4.14. The van der Waals surface area contributed by atoms with Crippen molar-refractivity contribution in [1.29, 1.82) is 0 Å². The standard InChI is InChI=1S/C14H20FNO2/c1-4-8-16(9-5-2)14(17)12-10-11(15)6-7-13(12)18-3/h6-7,10H,4-5,8-9H2,1-3H3. The first-order chi connectivity index (χ1) is 8.63. The minimum atomic E-state index is -0.424. The smallest absolute Gasteiger partial charge is 0.257 e. The van der Waals surface area contributed by atoms with Crippen molar-refractivity contribution in [3.63, 3.8) is 0 Å². The molecule has 0 aliphatic rings. The number of benzene rings is 1. The van der Waals surface area contributed by atoms with Crippen molar-refractivity contribution in [2.24, 2.45) is 0 Å². The van der Waals surface area contributed by atoms with Crippen LogP contribution in [0.4, 0.5) is 4.39 Å².